The lowest BCUT2D eigenvalue weighted by Crippen LogP contribution is -2.42. The van der Waals surface area contributed by atoms with Crippen molar-refractivity contribution >= 4 is 19.5 Å². The van der Waals surface area contributed by atoms with E-state index < -0.39 is 25.1 Å². The Morgan fingerprint density at radius 3 is 2.30 bits per heavy atom. The molecular formula is C18H30N4O4Si. The predicted molar refractivity (Wildman–Crippen MR) is 109 cm³/mol. The number of aromatic amines is 1. The largest absolute Gasteiger partial charge is 0.411 e. The lowest BCUT2D eigenvalue weighted by molar-refractivity contribution is 0.270. The Bertz CT molecular complexity index is 1030. The molecule has 2 rings (SSSR count). The van der Waals surface area contributed by atoms with Crippen LogP contribution in [0.25, 0.3) is 11.2 Å². The quantitative estimate of drug-likeness (QED) is 0.782. The van der Waals surface area contributed by atoms with Crippen molar-refractivity contribution in [1.29, 1.82) is 0 Å². The van der Waals surface area contributed by atoms with Crippen LogP contribution in [-0.2, 0) is 24.6 Å². The standard InChI is InChI=1S/C18H30N4O4Si/c1-11(2)9-22-14-13(16(24)21(6)17(22)25)20-15(23)12(19-14)10-26-27(7,8)18(3,4)5/h11H,9-10H2,1-8H3,(H,20,23). The topological polar surface area (TPSA) is 99.0 Å². The molecule has 0 aliphatic heterocycles. The molecule has 0 saturated heterocycles. The van der Waals surface area contributed by atoms with E-state index in [1.165, 1.54) is 11.6 Å². The molecule has 2 aromatic rings. The summed E-state index contributed by atoms with van der Waals surface area (Å²) in [6, 6.07) is 0. The van der Waals surface area contributed by atoms with Crippen molar-refractivity contribution < 1.29 is 4.43 Å². The van der Waals surface area contributed by atoms with Crippen molar-refractivity contribution in [2.24, 2.45) is 13.0 Å². The monoisotopic (exact) mass is 394 g/mol. The molecule has 8 nitrogen and oxygen atoms in total. The summed E-state index contributed by atoms with van der Waals surface area (Å²) in [5.41, 5.74) is -1.05. The molecule has 9 heteroatoms. The fourth-order valence-corrected chi connectivity index (χ4v) is 3.37. The van der Waals surface area contributed by atoms with E-state index in [2.05, 4.69) is 43.8 Å². The zero-order valence-corrected chi connectivity index (χ0v) is 18.5. The van der Waals surface area contributed by atoms with E-state index in [-0.39, 0.29) is 34.4 Å². The summed E-state index contributed by atoms with van der Waals surface area (Å²) >= 11 is 0. The summed E-state index contributed by atoms with van der Waals surface area (Å²) in [6.07, 6.45) is 0. The second-order valence-corrected chi connectivity index (χ2v) is 13.7. The van der Waals surface area contributed by atoms with Gasteiger partial charge in [-0.05, 0) is 24.1 Å². The molecule has 0 saturated carbocycles. The second kappa shape index (κ2) is 7.20. The number of H-pyrrole nitrogens is 1. The Hall–Kier alpha value is -2.00. The van der Waals surface area contributed by atoms with Gasteiger partial charge in [-0.1, -0.05) is 34.6 Å². The van der Waals surface area contributed by atoms with Crippen molar-refractivity contribution in [1.82, 2.24) is 19.1 Å². The summed E-state index contributed by atoms with van der Waals surface area (Å²) in [6.45, 7) is 14.9. The molecule has 2 aromatic heterocycles. The molecule has 0 aliphatic carbocycles. The van der Waals surface area contributed by atoms with Gasteiger partial charge in [0, 0.05) is 13.6 Å². The van der Waals surface area contributed by atoms with Crippen LogP contribution in [0.3, 0.4) is 0 Å². The van der Waals surface area contributed by atoms with Crippen LogP contribution >= 0.6 is 0 Å². The fraction of sp³-hybridized carbons (Fsp3) is 0.667. The van der Waals surface area contributed by atoms with Crippen molar-refractivity contribution in [3.63, 3.8) is 0 Å². The molecule has 0 amide bonds. The minimum absolute atomic E-state index is 0.00765. The number of hydrogen-bond donors (Lipinski definition) is 1. The maximum Gasteiger partial charge on any atom is 0.332 e. The van der Waals surface area contributed by atoms with E-state index in [4.69, 9.17) is 4.43 Å². The van der Waals surface area contributed by atoms with Crippen molar-refractivity contribution in [2.45, 2.75) is 65.9 Å². The van der Waals surface area contributed by atoms with Gasteiger partial charge in [-0.25, -0.2) is 9.78 Å². The first kappa shape index (κ1) is 21.3. The number of fused-ring (bicyclic) bond motifs is 1. The van der Waals surface area contributed by atoms with Gasteiger partial charge in [0.25, 0.3) is 11.1 Å². The molecule has 0 aromatic carbocycles. The molecule has 2 heterocycles. The number of aromatic nitrogens is 4. The first-order chi connectivity index (χ1) is 12.3. The van der Waals surface area contributed by atoms with Crippen LogP contribution in [0.4, 0.5) is 0 Å². The van der Waals surface area contributed by atoms with E-state index in [0.717, 1.165) is 4.57 Å². The SMILES string of the molecule is CC(C)Cn1c(=O)n(C)c(=O)c2[nH]c(=O)c(CO[Si](C)(C)C(C)(C)C)nc21. The van der Waals surface area contributed by atoms with Gasteiger partial charge in [0.1, 0.15) is 5.69 Å². The Kier molecular flexibility index (Phi) is 5.68. The molecular weight excluding hydrogens is 364 g/mol. The van der Waals surface area contributed by atoms with Gasteiger partial charge in [0.2, 0.25) is 0 Å². The van der Waals surface area contributed by atoms with E-state index in [9.17, 15) is 14.4 Å². The third kappa shape index (κ3) is 4.13. The van der Waals surface area contributed by atoms with Gasteiger partial charge in [-0.2, -0.15) is 0 Å². The summed E-state index contributed by atoms with van der Waals surface area (Å²) in [5.74, 6) is 0.170. The maximum atomic E-state index is 12.6. The number of nitrogens with one attached hydrogen (secondary N) is 1. The van der Waals surface area contributed by atoms with Crippen LogP contribution in [-0.4, -0.2) is 27.4 Å². The smallest absolute Gasteiger partial charge is 0.332 e. The van der Waals surface area contributed by atoms with E-state index >= 15 is 0 Å². The number of rotatable bonds is 5. The maximum absolute atomic E-state index is 12.6. The third-order valence-corrected chi connectivity index (χ3v) is 9.66. The van der Waals surface area contributed by atoms with Gasteiger partial charge in [0.15, 0.2) is 19.5 Å². The molecule has 0 atom stereocenters. The minimum Gasteiger partial charge on any atom is -0.411 e. The van der Waals surface area contributed by atoms with Gasteiger partial charge in [-0.15, -0.1) is 0 Å². The molecule has 0 aliphatic rings. The Balaban J connectivity index is 2.63. The molecule has 150 valence electrons. The first-order valence-electron chi connectivity index (χ1n) is 9.13. The van der Waals surface area contributed by atoms with Gasteiger partial charge >= 0.3 is 5.69 Å². The molecule has 0 radical (unpaired) electrons. The van der Waals surface area contributed by atoms with Crippen molar-refractivity contribution in [3.8, 4) is 0 Å². The van der Waals surface area contributed by atoms with Crippen molar-refractivity contribution in [2.75, 3.05) is 0 Å². The minimum atomic E-state index is -2.08. The molecule has 27 heavy (non-hydrogen) atoms. The fourth-order valence-electron chi connectivity index (χ4n) is 2.44. The summed E-state index contributed by atoms with van der Waals surface area (Å²) in [7, 11) is -0.679. The van der Waals surface area contributed by atoms with Crippen LogP contribution in [0.1, 0.15) is 40.3 Å². The summed E-state index contributed by atoms with van der Waals surface area (Å²) in [5, 5.41) is -0.00765. The molecule has 0 unspecified atom stereocenters. The zero-order valence-electron chi connectivity index (χ0n) is 17.5. The molecule has 0 bridgehead atoms. The highest BCUT2D eigenvalue weighted by Gasteiger charge is 2.37. The highest BCUT2D eigenvalue weighted by Crippen LogP contribution is 2.36. The van der Waals surface area contributed by atoms with E-state index in [1.54, 1.807) is 0 Å². The lowest BCUT2D eigenvalue weighted by Gasteiger charge is -2.35. The average molecular weight is 395 g/mol. The Morgan fingerprint density at radius 1 is 1.19 bits per heavy atom. The zero-order chi connectivity index (χ0) is 20.7. The Morgan fingerprint density at radius 2 is 1.78 bits per heavy atom. The molecule has 0 spiro atoms. The highest BCUT2D eigenvalue weighted by molar-refractivity contribution is 6.74. The van der Waals surface area contributed by atoms with Crippen LogP contribution in [0.5, 0.6) is 0 Å². The molecule has 1 N–H and O–H groups in total. The normalized spacial score (nSPS) is 12.9. The summed E-state index contributed by atoms with van der Waals surface area (Å²) < 4.78 is 8.53. The average Bonchev–Trinajstić information content (AvgIpc) is 2.54. The van der Waals surface area contributed by atoms with Crippen LogP contribution in [0.15, 0.2) is 14.4 Å². The lowest BCUT2D eigenvalue weighted by atomic mass is 10.2. The first-order valence-corrected chi connectivity index (χ1v) is 12.0. The number of nitrogens with zero attached hydrogens (tertiary/aromatic N) is 3. The Labute approximate surface area is 159 Å². The summed E-state index contributed by atoms with van der Waals surface area (Å²) in [4.78, 5) is 44.4. The van der Waals surface area contributed by atoms with Crippen LogP contribution < -0.4 is 16.8 Å². The van der Waals surface area contributed by atoms with Crippen LogP contribution in [0, 0.1) is 5.92 Å². The van der Waals surface area contributed by atoms with Gasteiger partial charge in [-0.3, -0.25) is 18.7 Å². The molecule has 0 fully saturated rings. The third-order valence-electron chi connectivity index (χ3n) is 5.18. The predicted octanol–water partition coefficient (Wildman–Crippen LogP) is 1.96. The van der Waals surface area contributed by atoms with E-state index in [1.807, 2.05) is 13.8 Å². The number of hydrogen-bond acceptors (Lipinski definition) is 5. The van der Waals surface area contributed by atoms with E-state index in [0.29, 0.717) is 6.54 Å². The van der Waals surface area contributed by atoms with Gasteiger partial charge in [0.05, 0.1) is 6.61 Å². The second-order valence-electron chi connectivity index (χ2n) is 8.91. The van der Waals surface area contributed by atoms with Gasteiger partial charge < -0.3 is 9.41 Å². The van der Waals surface area contributed by atoms with Crippen molar-refractivity contribution in [3.05, 3.63) is 36.9 Å². The highest BCUT2D eigenvalue weighted by atomic mass is 28.4. The van der Waals surface area contributed by atoms with Crippen LogP contribution in [0.2, 0.25) is 18.1 Å².